The Hall–Kier alpha value is -4.46. The minimum Gasteiger partial charge on any atom is -0.507 e. The summed E-state index contributed by atoms with van der Waals surface area (Å²) in [6.45, 7) is 0. The number of benzene rings is 3. The number of rotatable bonds is 5. The van der Waals surface area contributed by atoms with Gasteiger partial charge in [0, 0.05) is 23.4 Å². The number of ketones is 1. The van der Waals surface area contributed by atoms with Gasteiger partial charge in [0.05, 0.1) is 23.6 Å². The van der Waals surface area contributed by atoms with E-state index in [0.29, 0.717) is 17.0 Å². The summed E-state index contributed by atoms with van der Waals surface area (Å²) in [5, 5.41) is 21.9. The Bertz CT molecular complexity index is 1220. The van der Waals surface area contributed by atoms with E-state index in [1.165, 1.54) is 36.3 Å². The van der Waals surface area contributed by atoms with Crippen LogP contribution in [0.5, 0.6) is 5.75 Å². The fourth-order valence-electron chi connectivity index (χ4n) is 3.69. The van der Waals surface area contributed by atoms with Crippen molar-refractivity contribution in [2.45, 2.75) is 6.04 Å². The smallest absolute Gasteiger partial charge is 0.300 e. The van der Waals surface area contributed by atoms with Gasteiger partial charge in [-0.1, -0.05) is 30.3 Å². The lowest BCUT2D eigenvalue weighted by Gasteiger charge is -2.25. The molecule has 1 fully saturated rings. The average molecular weight is 430 g/mol. The van der Waals surface area contributed by atoms with Crippen molar-refractivity contribution >= 4 is 28.8 Å². The molecule has 160 valence electrons. The van der Waals surface area contributed by atoms with E-state index < -0.39 is 28.4 Å². The number of carbonyl (C=O) groups is 2. The topological polar surface area (TPSA) is 110 Å². The van der Waals surface area contributed by atoms with Crippen LogP contribution in [0, 0.1) is 10.1 Å². The Kier molecular flexibility index (Phi) is 5.43. The number of non-ortho nitro benzene ring substituents is 1. The molecular weight excluding hydrogens is 412 g/mol. The van der Waals surface area contributed by atoms with E-state index in [4.69, 9.17) is 4.74 Å². The van der Waals surface area contributed by atoms with Crippen LogP contribution in [0.1, 0.15) is 17.2 Å². The number of Topliss-reactive ketones (excluding diaryl/α,β-unsaturated/α-hetero) is 1. The number of carbonyl (C=O) groups excluding carboxylic acids is 2. The number of hydrogen-bond acceptors (Lipinski definition) is 6. The molecule has 1 atom stereocenters. The molecule has 8 nitrogen and oxygen atoms in total. The molecule has 1 amide bonds. The van der Waals surface area contributed by atoms with Crippen molar-refractivity contribution in [2.24, 2.45) is 0 Å². The summed E-state index contributed by atoms with van der Waals surface area (Å²) in [6, 6.07) is 19.8. The number of aliphatic hydroxyl groups excluding tert-OH is 1. The molecule has 0 radical (unpaired) electrons. The quantitative estimate of drug-likeness (QED) is 0.213. The summed E-state index contributed by atoms with van der Waals surface area (Å²) in [6.07, 6.45) is 0. The minimum absolute atomic E-state index is 0.0918. The van der Waals surface area contributed by atoms with Crippen LogP contribution < -0.4 is 9.64 Å². The molecule has 1 saturated heterocycles. The molecule has 1 heterocycles. The number of hydrogen-bond donors (Lipinski definition) is 1. The number of ether oxygens (including phenoxy) is 1. The first-order chi connectivity index (χ1) is 15.4. The van der Waals surface area contributed by atoms with Crippen LogP contribution in [0.2, 0.25) is 0 Å². The molecule has 0 bridgehead atoms. The first-order valence-electron chi connectivity index (χ1n) is 9.67. The summed E-state index contributed by atoms with van der Waals surface area (Å²) < 4.78 is 5.17. The number of anilines is 1. The molecule has 3 aromatic carbocycles. The fraction of sp³-hybridized carbons (Fsp3) is 0.0833. The summed E-state index contributed by atoms with van der Waals surface area (Å²) in [7, 11) is 1.52. The van der Waals surface area contributed by atoms with Crippen molar-refractivity contribution in [3.63, 3.8) is 0 Å². The number of nitro groups is 1. The van der Waals surface area contributed by atoms with Crippen LogP contribution in [-0.4, -0.2) is 28.8 Å². The number of aliphatic hydroxyl groups is 1. The third-order valence-electron chi connectivity index (χ3n) is 5.26. The molecule has 1 unspecified atom stereocenters. The lowest BCUT2D eigenvalue weighted by molar-refractivity contribution is -0.384. The van der Waals surface area contributed by atoms with Gasteiger partial charge in [-0.05, 0) is 42.0 Å². The molecule has 3 aromatic rings. The van der Waals surface area contributed by atoms with Gasteiger partial charge in [-0.3, -0.25) is 24.6 Å². The second-order valence-electron chi connectivity index (χ2n) is 7.08. The molecule has 1 aliphatic heterocycles. The van der Waals surface area contributed by atoms with Crippen molar-refractivity contribution in [1.82, 2.24) is 0 Å². The molecule has 4 rings (SSSR count). The third kappa shape index (κ3) is 3.58. The standard InChI is InChI=1S/C24H18N2O6/c1-32-19-13-11-17(12-14-19)25-21(15-5-3-2-4-6-15)20(23(28)24(25)29)22(27)16-7-9-18(10-8-16)26(30)31/h2-14,21,27H,1H3. The maximum absolute atomic E-state index is 13.0. The predicted octanol–water partition coefficient (Wildman–Crippen LogP) is 4.23. The van der Waals surface area contributed by atoms with Crippen LogP contribution in [0.15, 0.2) is 84.4 Å². The van der Waals surface area contributed by atoms with Crippen molar-refractivity contribution in [3.8, 4) is 5.75 Å². The van der Waals surface area contributed by atoms with E-state index in [0.717, 1.165) is 0 Å². The van der Waals surface area contributed by atoms with Gasteiger partial charge in [0.1, 0.15) is 11.5 Å². The Morgan fingerprint density at radius 2 is 1.59 bits per heavy atom. The van der Waals surface area contributed by atoms with Gasteiger partial charge in [-0.15, -0.1) is 0 Å². The van der Waals surface area contributed by atoms with Gasteiger partial charge >= 0.3 is 0 Å². The maximum atomic E-state index is 13.0. The van der Waals surface area contributed by atoms with Gasteiger partial charge in [0.15, 0.2) is 0 Å². The minimum atomic E-state index is -0.875. The Morgan fingerprint density at radius 1 is 0.969 bits per heavy atom. The highest BCUT2D eigenvalue weighted by molar-refractivity contribution is 6.51. The average Bonchev–Trinajstić information content (AvgIpc) is 3.09. The largest absolute Gasteiger partial charge is 0.507 e. The van der Waals surface area contributed by atoms with Crippen molar-refractivity contribution in [3.05, 3.63) is 106 Å². The molecule has 0 aliphatic carbocycles. The zero-order valence-corrected chi connectivity index (χ0v) is 17.0. The summed E-state index contributed by atoms with van der Waals surface area (Å²) in [5.74, 6) is -1.44. The molecule has 0 spiro atoms. The van der Waals surface area contributed by atoms with E-state index >= 15 is 0 Å². The number of nitro benzene ring substituents is 1. The van der Waals surface area contributed by atoms with Crippen molar-refractivity contribution < 1.29 is 24.4 Å². The number of amides is 1. The molecule has 0 aromatic heterocycles. The van der Waals surface area contributed by atoms with Gasteiger partial charge in [0.2, 0.25) is 0 Å². The van der Waals surface area contributed by atoms with Gasteiger partial charge in [-0.2, -0.15) is 0 Å². The van der Waals surface area contributed by atoms with Crippen LogP contribution in [0.3, 0.4) is 0 Å². The van der Waals surface area contributed by atoms with Crippen LogP contribution in [0.25, 0.3) is 5.76 Å². The monoisotopic (exact) mass is 430 g/mol. The SMILES string of the molecule is COc1ccc(N2C(=O)C(=O)C(=C(O)c3ccc([N+](=O)[O-])cc3)C2c2ccccc2)cc1. The number of nitrogens with zero attached hydrogens (tertiary/aromatic N) is 2. The maximum Gasteiger partial charge on any atom is 0.300 e. The lowest BCUT2D eigenvalue weighted by Crippen LogP contribution is -2.29. The third-order valence-corrected chi connectivity index (χ3v) is 5.26. The van der Waals surface area contributed by atoms with Crippen molar-refractivity contribution in [1.29, 1.82) is 0 Å². The highest BCUT2D eigenvalue weighted by Gasteiger charge is 2.46. The van der Waals surface area contributed by atoms with Gasteiger partial charge in [-0.25, -0.2) is 0 Å². The van der Waals surface area contributed by atoms with Gasteiger partial charge < -0.3 is 9.84 Å². The molecular formula is C24H18N2O6. The summed E-state index contributed by atoms with van der Waals surface area (Å²) >= 11 is 0. The lowest BCUT2D eigenvalue weighted by atomic mass is 9.95. The Balaban J connectivity index is 1.88. The molecule has 8 heteroatoms. The van der Waals surface area contributed by atoms with E-state index in [1.807, 2.05) is 0 Å². The predicted molar refractivity (Wildman–Crippen MR) is 117 cm³/mol. The van der Waals surface area contributed by atoms with Crippen molar-refractivity contribution in [2.75, 3.05) is 12.0 Å². The van der Waals surface area contributed by atoms with Crippen LogP contribution >= 0.6 is 0 Å². The first kappa shape index (κ1) is 20.8. The normalized spacial score (nSPS) is 17.4. The molecule has 1 N–H and O–H groups in total. The number of methoxy groups -OCH3 is 1. The van der Waals surface area contributed by atoms with E-state index in [9.17, 15) is 24.8 Å². The van der Waals surface area contributed by atoms with Gasteiger partial charge in [0.25, 0.3) is 17.4 Å². The zero-order valence-electron chi connectivity index (χ0n) is 17.0. The first-order valence-corrected chi connectivity index (χ1v) is 9.67. The second kappa shape index (κ2) is 8.35. The molecule has 1 aliphatic rings. The highest BCUT2D eigenvalue weighted by Crippen LogP contribution is 2.42. The Labute approximate surface area is 183 Å². The van der Waals surface area contributed by atoms with E-state index in [2.05, 4.69) is 0 Å². The summed E-state index contributed by atoms with van der Waals surface area (Å²) in [4.78, 5) is 37.8. The summed E-state index contributed by atoms with van der Waals surface area (Å²) in [5.41, 5.74) is 1.05. The van der Waals surface area contributed by atoms with E-state index in [-0.39, 0.29) is 16.8 Å². The zero-order chi connectivity index (χ0) is 22.8. The molecule has 32 heavy (non-hydrogen) atoms. The van der Waals surface area contributed by atoms with Crippen LogP contribution in [0.4, 0.5) is 11.4 Å². The Morgan fingerprint density at radius 3 is 2.16 bits per heavy atom. The highest BCUT2D eigenvalue weighted by atomic mass is 16.6. The molecule has 0 saturated carbocycles. The van der Waals surface area contributed by atoms with Crippen LogP contribution in [-0.2, 0) is 9.59 Å². The fourth-order valence-corrected chi connectivity index (χ4v) is 3.69. The van der Waals surface area contributed by atoms with E-state index in [1.54, 1.807) is 54.6 Å². The second-order valence-corrected chi connectivity index (χ2v) is 7.08.